The Labute approximate surface area is 149 Å². The van der Waals surface area contributed by atoms with Gasteiger partial charge in [-0.3, -0.25) is 9.59 Å². The molecule has 0 radical (unpaired) electrons. The highest BCUT2D eigenvalue weighted by Gasteiger charge is 2.37. The summed E-state index contributed by atoms with van der Waals surface area (Å²) in [5, 5.41) is 6.27. The molecule has 2 atom stereocenters. The van der Waals surface area contributed by atoms with E-state index in [1.54, 1.807) is 0 Å². The van der Waals surface area contributed by atoms with Gasteiger partial charge in [-0.15, -0.1) is 12.4 Å². The van der Waals surface area contributed by atoms with Gasteiger partial charge in [-0.2, -0.15) is 0 Å². The monoisotopic (exact) mass is 351 g/mol. The maximum Gasteiger partial charge on any atom is 0.224 e. The fraction of sp³-hybridized carbons (Fsp3) is 0.556. The first-order chi connectivity index (χ1) is 11.2. The summed E-state index contributed by atoms with van der Waals surface area (Å²) < 4.78 is 0. The van der Waals surface area contributed by atoms with E-state index in [-0.39, 0.29) is 24.2 Å². The molecule has 2 saturated heterocycles. The third kappa shape index (κ3) is 4.71. The van der Waals surface area contributed by atoms with Crippen LogP contribution in [-0.4, -0.2) is 48.4 Å². The highest BCUT2D eigenvalue weighted by molar-refractivity contribution is 5.85. The minimum Gasteiger partial charge on any atom is -0.355 e. The highest BCUT2D eigenvalue weighted by Crippen LogP contribution is 2.28. The van der Waals surface area contributed by atoms with Crippen molar-refractivity contribution in [3.8, 4) is 0 Å². The second kappa shape index (κ2) is 9.04. The SMILES string of the molecule is Cl.O=C(Cc1ccccc1)NCCC(=O)N1C2CCNCC1CC2. The first-order valence-corrected chi connectivity index (χ1v) is 8.56. The fourth-order valence-electron chi connectivity index (χ4n) is 3.67. The summed E-state index contributed by atoms with van der Waals surface area (Å²) in [7, 11) is 0. The molecule has 0 spiro atoms. The van der Waals surface area contributed by atoms with Crippen molar-refractivity contribution in [1.82, 2.24) is 15.5 Å². The Bertz CT molecular complexity index is 538. The van der Waals surface area contributed by atoms with Crippen molar-refractivity contribution in [1.29, 1.82) is 0 Å². The van der Waals surface area contributed by atoms with Crippen LogP contribution in [0.1, 0.15) is 31.2 Å². The van der Waals surface area contributed by atoms with Gasteiger partial charge in [0.25, 0.3) is 0 Å². The van der Waals surface area contributed by atoms with Crippen LogP contribution in [0.15, 0.2) is 30.3 Å². The number of benzene rings is 1. The predicted octanol–water partition coefficient (Wildman–Crippen LogP) is 1.51. The topological polar surface area (TPSA) is 61.4 Å². The molecule has 2 amide bonds. The van der Waals surface area contributed by atoms with Gasteiger partial charge in [0.05, 0.1) is 6.42 Å². The first kappa shape index (κ1) is 18.7. The average molecular weight is 352 g/mol. The zero-order valence-corrected chi connectivity index (χ0v) is 14.7. The molecular formula is C18H26ClN3O2. The van der Waals surface area contributed by atoms with E-state index in [2.05, 4.69) is 15.5 Å². The summed E-state index contributed by atoms with van der Waals surface area (Å²) in [5.74, 6) is 0.158. The van der Waals surface area contributed by atoms with Gasteiger partial charge in [-0.05, 0) is 31.4 Å². The summed E-state index contributed by atoms with van der Waals surface area (Å²) in [6, 6.07) is 10.4. The van der Waals surface area contributed by atoms with Gasteiger partial charge in [0.15, 0.2) is 0 Å². The molecule has 1 aromatic rings. The molecule has 0 aromatic heterocycles. The number of fused-ring (bicyclic) bond motifs is 2. The molecule has 2 unspecified atom stereocenters. The lowest BCUT2D eigenvalue weighted by molar-refractivity contribution is -0.133. The number of carbonyl (C=O) groups is 2. The minimum absolute atomic E-state index is 0. The molecule has 1 aromatic carbocycles. The van der Waals surface area contributed by atoms with Gasteiger partial charge in [-0.1, -0.05) is 30.3 Å². The number of carbonyl (C=O) groups excluding carboxylic acids is 2. The van der Waals surface area contributed by atoms with E-state index in [0.29, 0.717) is 31.5 Å². The average Bonchev–Trinajstić information content (AvgIpc) is 2.81. The van der Waals surface area contributed by atoms with Crippen LogP contribution in [0, 0.1) is 0 Å². The standard InChI is InChI=1S/C18H25N3O2.ClH/c22-17(12-14-4-2-1-3-5-14)20-11-9-18(23)21-15-6-7-16(21)13-19-10-8-15;/h1-5,15-16,19H,6-13H2,(H,20,22);1H. The minimum atomic E-state index is -0.0236. The fourth-order valence-corrected chi connectivity index (χ4v) is 3.67. The van der Waals surface area contributed by atoms with E-state index in [1.807, 2.05) is 30.3 Å². The van der Waals surface area contributed by atoms with Crippen molar-refractivity contribution in [3.05, 3.63) is 35.9 Å². The van der Waals surface area contributed by atoms with Crippen LogP contribution >= 0.6 is 12.4 Å². The van der Waals surface area contributed by atoms with Crippen LogP contribution < -0.4 is 10.6 Å². The van der Waals surface area contributed by atoms with Gasteiger partial charge in [-0.25, -0.2) is 0 Å². The molecule has 2 aliphatic heterocycles. The zero-order valence-electron chi connectivity index (χ0n) is 13.9. The van der Waals surface area contributed by atoms with Gasteiger partial charge in [0.2, 0.25) is 11.8 Å². The lowest BCUT2D eigenvalue weighted by atomic mass is 10.1. The number of amides is 2. The molecule has 0 saturated carbocycles. The molecule has 3 rings (SSSR count). The molecule has 6 heteroatoms. The van der Waals surface area contributed by atoms with Crippen molar-refractivity contribution in [2.75, 3.05) is 19.6 Å². The quantitative estimate of drug-likeness (QED) is 0.845. The molecule has 2 bridgehead atoms. The third-order valence-corrected chi connectivity index (χ3v) is 4.81. The van der Waals surface area contributed by atoms with E-state index in [1.165, 1.54) is 0 Å². The second-order valence-corrected chi connectivity index (χ2v) is 6.44. The predicted molar refractivity (Wildman–Crippen MR) is 96.2 cm³/mol. The van der Waals surface area contributed by atoms with Crippen molar-refractivity contribution >= 4 is 24.2 Å². The van der Waals surface area contributed by atoms with Crippen molar-refractivity contribution in [2.45, 2.75) is 44.2 Å². The molecule has 24 heavy (non-hydrogen) atoms. The van der Waals surface area contributed by atoms with Crippen molar-refractivity contribution in [3.63, 3.8) is 0 Å². The summed E-state index contributed by atoms with van der Waals surface area (Å²) >= 11 is 0. The Balaban J connectivity index is 0.00000208. The Morgan fingerprint density at radius 3 is 2.67 bits per heavy atom. The highest BCUT2D eigenvalue weighted by atomic mass is 35.5. The summed E-state index contributed by atoms with van der Waals surface area (Å²) in [5.41, 5.74) is 0.993. The van der Waals surface area contributed by atoms with Crippen LogP contribution in [0.5, 0.6) is 0 Å². The van der Waals surface area contributed by atoms with E-state index in [4.69, 9.17) is 0 Å². The van der Waals surface area contributed by atoms with Crippen molar-refractivity contribution in [2.24, 2.45) is 0 Å². The number of nitrogens with one attached hydrogen (secondary N) is 2. The third-order valence-electron chi connectivity index (χ3n) is 4.81. The van der Waals surface area contributed by atoms with Gasteiger partial charge in [0, 0.05) is 31.6 Å². The normalized spacial score (nSPS) is 22.4. The first-order valence-electron chi connectivity index (χ1n) is 8.56. The summed E-state index contributed by atoms with van der Waals surface area (Å²) in [6.07, 6.45) is 4.03. The van der Waals surface area contributed by atoms with E-state index in [9.17, 15) is 9.59 Å². The molecule has 2 aliphatic rings. The Morgan fingerprint density at radius 1 is 1.12 bits per heavy atom. The number of hydrogen-bond donors (Lipinski definition) is 2. The number of rotatable bonds is 5. The molecule has 0 aliphatic carbocycles. The maximum atomic E-state index is 12.5. The molecule has 2 N–H and O–H groups in total. The van der Waals surface area contributed by atoms with Crippen LogP contribution in [-0.2, 0) is 16.0 Å². The van der Waals surface area contributed by atoms with Crippen LogP contribution in [0.4, 0.5) is 0 Å². The second-order valence-electron chi connectivity index (χ2n) is 6.44. The molecule has 5 nitrogen and oxygen atoms in total. The smallest absolute Gasteiger partial charge is 0.224 e. The Hall–Kier alpha value is -1.59. The van der Waals surface area contributed by atoms with Gasteiger partial charge in [0.1, 0.15) is 0 Å². The van der Waals surface area contributed by atoms with E-state index < -0.39 is 0 Å². The number of hydrogen-bond acceptors (Lipinski definition) is 3. The van der Waals surface area contributed by atoms with Crippen LogP contribution in [0.3, 0.4) is 0 Å². The number of halogens is 1. The molecule has 132 valence electrons. The largest absolute Gasteiger partial charge is 0.355 e. The van der Waals surface area contributed by atoms with Crippen LogP contribution in [0.2, 0.25) is 0 Å². The summed E-state index contributed by atoms with van der Waals surface area (Å²) in [4.78, 5) is 26.5. The van der Waals surface area contributed by atoms with Crippen molar-refractivity contribution < 1.29 is 9.59 Å². The lowest BCUT2D eigenvalue weighted by Gasteiger charge is -2.28. The van der Waals surface area contributed by atoms with E-state index >= 15 is 0 Å². The van der Waals surface area contributed by atoms with Gasteiger partial charge >= 0.3 is 0 Å². The maximum absolute atomic E-state index is 12.5. The molecule has 2 heterocycles. The molecule has 2 fully saturated rings. The Morgan fingerprint density at radius 2 is 1.88 bits per heavy atom. The Kier molecular flexibility index (Phi) is 7.06. The molecular weight excluding hydrogens is 326 g/mol. The lowest BCUT2D eigenvalue weighted by Crippen LogP contribution is -2.43. The summed E-state index contributed by atoms with van der Waals surface area (Å²) in [6.45, 7) is 2.33. The zero-order chi connectivity index (χ0) is 16.1. The van der Waals surface area contributed by atoms with E-state index in [0.717, 1.165) is 37.9 Å². The number of nitrogens with zero attached hydrogens (tertiary/aromatic N) is 1. The van der Waals surface area contributed by atoms with Gasteiger partial charge < -0.3 is 15.5 Å². The van der Waals surface area contributed by atoms with Crippen LogP contribution in [0.25, 0.3) is 0 Å².